The van der Waals surface area contributed by atoms with Crippen molar-refractivity contribution in [1.82, 2.24) is 9.97 Å². The molecule has 21 heavy (non-hydrogen) atoms. The zero-order valence-corrected chi connectivity index (χ0v) is 12.4. The molecular weight excluding hydrogens is 258 g/mol. The summed E-state index contributed by atoms with van der Waals surface area (Å²) in [6, 6.07) is 18.8. The van der Waals surface area contributed by atoms with Gasteiger partial charge < -0.3 is 9.88 Å². The van der Waals surface area contributed by atoms with Crippen LogP contribution in [0.2, 0.25) is 0 Å². The summed E-state index contributed by atoms with van der Waals surface area (Å²) < 4.78 is 0. The Morgan fingerprint density at radius 1 is 0.952 bits per heavy atom. The third-order valence-electron chi connectivity index (χ3n) is 3.52. The highest BCUT2D eigenvalue weighted by atomic mass is 15.1. The number of nitrogens with one attached hydrogen (secondary N) is 1. The van der Waals surface area contributed by atoms with Crippen molar-refractivity contribution in [3.8, 4) is 11.4 Å². The zero-order valence-electron chi connectivity index (χ0n) is 12.4. The van der Waals surface area contributed by atoms with Gasteiger partial charge in [-0.2, -0.15) is 0 Å². The molecule has 0 amide bonds. The van der Waals surface area contributed by atoms with Crippen LogP contribution < -0.4 is 4.90 Å². The highest BCUT2D eigenvalue weighted by molar-refractivity contribution is 5.60. The molecule has 0 aliphatic carbocycles. The van der Waals surface area contributed by atoms with E-state index in [0.29, 0.717) is 0 Å². The molecule has 3 rings (SSSR count). The van der Waals surface area contributed by atoms with E-state index in [1.54, 1.807) is 0 Å². The Labute approximate surface area is 125 Å². The number of imidazole rings is 1. The van der Waals surface area contributed by atoms with E-state index >= 15 is 0 Å². The Balaban J connectivity index is 1.78. The fourth-order valence-corrected chi connectivity index (χ4v) is 2.33. The van der Waals surface area contributed by atoms with Crippen LogP contribution in [0.3, 0.4) is 0 Å². The highest BCUT2D eigenvalue weighted by Gasteiger charge is 2.05. The molecule has 0 unspecified atom stereocenters. The molecule has 0 saturated carbocycles. The van der Waals surface area contributed by atoms with Gasteiger partial charge in [0.05, 0.1) is 0 Å². The van der Waals surface area contributed by atoms with Gasteiger partial charge in [-0.1, -0.05) is 30.3 Å². The van der Waals surface area contributed by atoms with Crippen LogP contribution in [0.4, 0.5) is 5.69 Å². The third-order valence-corrected chi connectivity index (χ3v) is 3.52. The van der Waals surface area contributed by atoms with Crippen LogP contribution in [0, 0.1) is 0 Å². The summed E-state index contributed by atoms with van der Waals surface area (Å²) in [5, 5.41) is 0. The van der Waals surface area contributed by atoms with Crippen molar-refractivity contribution >= 4 is 5.69 Å². The topological polar surface area (TPSA) is 31.9 Å². The van der Waals surface area contributed by atoms with E-state index in [9.17, 15) is 0 Å². The van der Waals surface area contributed by atoms with Crippen molar-refractivity contribution < 1.29 is 0 Å². The van der Waals surface area contributed by atoms with E-state index in [1.165, 1.54) is 11.3 Å². The number of anilines is 1. The van der Waals surface area contributed by atoms with E-state index in [2.05, 4.69) is 63.4 Å². The van der Waals surface area contributed by atoms with Crippen molar-refractivity contribution in [2.24, 2.45) is 0 Å². The predicted molar refractivity (Wildman–Crippen MR) is 87.6 cm³/mol. The van der Waals surface area contributed by atoms with Crippen molar-refractivity contribution in [3.63, 3.8) is 0 Å². The van der Waals surface area contributed by atoms with E-state index in [0.717, 1.165) is 23.5 Å². The van der Waals surface area contributed by atoms with Gasteiger partial charge in [0.1, 0.15) is 5.82 Å². The van der Waals surface area contributed by atoms with Crippen molar-refractivity contribution in [2.75, 3.05) is 19.0 Å². The minimum Gasteiger partial charge on any atom is -0.378 e. The average molecular weight is 277 g/mol. The minimum absolute atomic E-state index is 0.879. The standard InChI is InChI=1S/C18H19N3/c1-21(2)17-10-8-15(9-11-17)18-19-13-16(20-18)12-14-6-4-3-5-7-14/h3-11,13H,12H2,1-2H3,(H,19,20). The molecule has 1 aromatic heterocycles. The van der Waals surface area contributed by atoms with Gasteiger partial charge in [-0.25, -0.2) is 4.98 Å². The van der Waals surface area contributed by atoms with Crippen molar-refractivity contribution in [2.45, 2.75) is 6.42 Å². The summed E-state index contributed by atoms with van der Waals surface area (Å²) in [6.07, 6.45) is 2.80. The molecule has 2 aromatic carbocycles. The Bertz CT molecular complexity index is 697. The molecule has 106 valence electrons. The molecule has 1 N–H and O–H groups in total. The largest absolute Gasteiger partial charge is 0.378 e. The van der Waals surface area contributed by atoms with Gasteiger partial charge in [0.15, 0.2) is 0 Å². The smallest absolute Gasteiger partial charge is 0.137 e. The number of rotatable bonds is 4. The van der Waals surface area contributed by atoms with Gasteiger partial charge in [-0.3, -0.25) is 0 Å². The van der Waals surface area contributed by atoms with E-state index in [-0.39, 0.29) is 0 Å². The van der Waals surface area contributed by atoms with Gasteiger partial charge >= 0.3 is 0 Å². The van der Waals surface area contributed by atoms with Crippen molar-refractivity contribution in [1.29, 1.82) is 0 Å². The van der Waals surface area contributed by atoms with Gasteiger partial charge in [0, 0.05) is 43.7 Å². The monoisotopic (exact) mass is 277 g/mol. The fraction of sp³-hybridized carbons (Fsp3) is 0.167. The lowest BCUT2D eigenvalue weighted by Gasteiger charge is -2.12. The maximum atomic E-state index is 4.49. The van der Waals surface area contributed by atoms with E-state index in [1.807, 2.05) is 26.4 Å². The Morgan fingerprint density at radius 2 is 1.67 bits per heavy atom. The summed E-state index contributed by atoms with van der Waals surface area (Å²) in [6.45, 7) is 0. The normalized spacial score (nSPS) is 10.6. The van der Waals surface area contributed by atoms with Crippen LogP contribution >= 0.6 is 0 Å². The first-order chi connectivity index (χ1) is 10.2. The summed E-state index contributed by atoms with van der Waals surface area (Å²) >= 11 is 0. The molecule has 3 aromatic rings. The molecule has 0 spiro atoms. The number of hydrogen-bond acceptors (Lipinski definition) is 2. The molecule has 0 aliphatic rings. The second kappa shape index (κ2) is 5.83. The molecule has 3 heteroatoms. The average Bonchev–Trinajstić information content (AvgIpc) is 2.97. The molecule has 0 bridgehead atoms. The number of aromatic nitrogens is 2. The molecule has 0 fully saturated rings. The zero-order chi connectivity index (χ0) is 14.7. The van der Waals surface area contributed by atoms with Crippen LogP contribution in [0.1, 0.15) is 11.3 Å². The quantitative estimate of drug-likeness (QED) is 0.788. The van der Waals surface area contributed by atoms with E-state index in [4.69, 9.17) is 0 Å². The summed E-state index contributed by atoms with van der Waals surface area (Å²) in [7, 11) is 4.08. The fourth-order valence-electron chi connectivity index (χ4n) is 2.33. The first-order valence-corrected chi connectivity index (χ1v) is 7.08. The predicted octanol–water partition coefficient (Wildman–Crippen LogP) is 3.73. The summed E-state index contributed by atoms with van der Waals surface area (Å²) in [5.41, 5.74) is 4.72. The van der Waals surface area contributed by atoms with Crippen LogP contribution in [0.5, 0.6) is 0 Å². The lowest BCUT2D eigenvalue weighted by atomic mass is 10.1. The summed E-state index contributed by atoms with van der Waals surface area (Å²) in [5.74, 6) is 0.922. The molecule has 0 radical (unpaired) electrons. The number of nitrogens with zero attached hydrogens (tertiary/aromatic N) is 2. The number of hydrogen-bond donors (Lipinski definition) is 1. The van der Waals surface area contributed by atoms with E-state index < -0.39 is 0 Å². The number of aromatic amines is 1. The second-order valence-corrected chi connectivity index (χ2v) is 5.36. The second-order valence-electron chi connectivity index (χ2n) is 5.36. The van der Waals surface area contributed by atoms with Crippen LogP contribution in [-0.4, -0.2) is 24.1 Å². The summed E-state index contributed by atoms with van der Waals surface area (Å²) in [4.78, 5) is 9.98. The first-order valence-electron chi connectivity index (χ1n) is 7.08. The number of H-pyrrole nitrogens is 1. The molecule has 0 aliphatic heterocycles. The SMILES string of the molecule is CN(C)c1ccc(-c2ncc(Cc3ccccc3)[nH]2)cc1. The molecule has 1 heterocycles. The third kappa shape index (κ3) is 3.14. The van der Waals surface area contributed by atoms with Gasteiger partial charge in [-0.05, 0) is 29.8 Å². The van der Waals surface area contributed by atoms with Crippen LogP contribution in [0.15, 0.2) is 60.8 Å². The molecule has 3 nitrogen and oxygen atoms in total. The van der Waals surface area contributed by atoms with Gasteiger partial charge in [-0.15, -0.1) is 0 Å². The lowest BCUT2D eigenvalue weighted by Crippen LogP contribution is -2.07. The van der Waals surface area contributed by atoms with Gasteiger partial charge in [0.2, 0.25) is 0 Å². The van der Waals surface area contributed by atoms with Crippen LogP contribution in [0.25, 0.3) is 11.4 Å². The minimum atomic E-state index is 0.879. The lowest BCUT2D eigenvalue weighted by molar-refractivity contribution is 1.11. The van der Waals surface area contributed by atoms with Gasteiger partial charge in [0.25, 0.3) is 0 Å². The molecular formula is C18H19N3. The highest BCUT2D eigenvalue weighted by Crippen LogP contribution is 2.20. The van der Waals surface area contributed by atoms with Crippen molar-refractivity contribution in [3.05, 3.63) is 72.1 Å². The maximum absolute atomic E-state index is 4.49. The van der Waals surface area contributed by atoms with Crippen LogP contribution in [-0.2, 0) is 6.42 Å². The maximum Gasteiger partial charge on any atom is 0.137 e. The Morgan fingerprint density at radius 3 is 2.33 bits per heavy atom. The molecule has 0 saturated heterocycles. The Kier molecular flexibility index (Phi) is 3.73. The molecule has 0 atom stereocenters. The number of benzene rings is 2. The Hall–Kier alpha value is -2.55. The first kappa shape index (κ1) is 13.4.